The second kappa shape index (κ2) is 4.28. The third-order valence-electron chi connectivity index (χ3n) is 3.28. The number of aliphatic carboxylic acids is 1. The van der Waals surface area contributed by atoms with Crippen LogP contribution in [-0.4, -0.2) is 48.3 Å². The Morgan fingerprint density at radius 2 is 2.36 bits per heavy atom. The first-order chi connectivity index (χ1) is 6.77. The van der Waals surface area contributed by atoms with E-state index in [9.17, 15) is 4.79 Å². The Bertz CT molecular complexity index is 219. The minimum Gasteiger partial charge on any atom is -0.480 e. The summed E-state index contributed by atoms with van der Waals surface area (Å²) in [4.78, 5) is 12.8. The summed E-state index contributed by atoms with van der Waals surface area (Å²) in [7, 11) is 0. The van der Waals surface area contributed by atoms with Gasteiger partial charge in [-0.1, -0.05) is 6.42 Å². The molecule has 0 bridgehead atoms. The standard InChI is InChI=1S/C10H17NO3/c12-10(13)6-11-4-5-14-7-8-2-1-3-9(8)11/h8-9H,1-7H2,(H,12,13)/t8-,9+/m1/s1. The molecule has 0 unspecified atom stereocenters. The molecule has 2 aliphatic rings. The average molecular weight is 199 g/mol. The van der Waals surface area contributed by atoms with E-state index in [4.69, 9.17) is 9.84 Å². The Labute approximate surface area is 83.8 Å². The van der Waals surface area contributed by atoms with Crippen LogP contribution in [0.15, 0.2) is 0 Å². The summed E-state index contributed by atoms with van der Waals surface area (Å²) in [6, 6.07) is 0.452. The van der Waals surface area contributed by atoms with Gasteiger partial charge in [-0.15, -0.1) is 0 Å². The molecule has 2 fully saturated rings. The Morgan fingerprint density at radius 3 is 3.14 bits per heavy atom. The molecule has 1 saturated heterocycles. The molecule has 0 radical (unpaired) electrons. The van der Waals surface area contributed by atoms with Crippen molar-refractivity contribution in [2.24, 2.45) is 5.92 Å². The second-order valence-corrected chi connectivity index (χ2v) is 4.20. The number of hydrogen-bond donors (Lipinski definition) is 1. The molecular weight excluding hydrogens is 182 g/mol. The monoisotopic (exact) mass is 199 g/mol. The fourth-order valence-corrected chi connectivity index (χ4v) is 2.64. The molecule has 1 aliphatic heterocycles. The zero-order valence-corrected chi connectivity index (χ0v) is 8.32. The summed E-state index contributed by atoms with van der Waals surface area (Å²) in [5, 5.41) is 8.80. The highest BCUT2D eigenvalue weighted by molar-refractivity contribution is 5.69. The van der Waals surface area contributed by atoms with Gasteiger partial charge in [0.25, 0.3) is 0 Å². The van der Waals surface area contributed by atoms with Crippen LogP contribution in [0, 0.1) is 5.92 Å². The molecular formula is C10H17NO3. The molecule has 1 aliphatic carbocycles. The number of nitrogens with zero attached hydrogens (tertiary/aromatic N) is 1. The third-order valence-corrected chi connectivity index (χ3v) is 3.28. The minimum atomic E-state index is -0.724. The van der Waals surface area contributed by atoms with Crippen molar-refractivity contribution in [3.05, 3.63) is 0 Å². The van der Waals surface area contributed by atoms with E-state index >= 15 is 0 Å². The average Bonchev–Trinajstić information content (AvgIpc) is 2.51. The highest BCUT2D eigenvalue weighted by Crippen LogP contribution is 2.31. The van der Waals surface area contributed by atoms with E-state index in [0.717, 1.165) is 19.6 Å². The Morgan fingerprint density at radius 1 is 1.50 bits per heavy atom. The Hall–Kier alpha value is -0.610. The first-order valence-corrected chi connectivity index (χ1v) is 5.31. The maximum absolute atomic E-state index is 10.7. The molecule has 1 heterocycles. The Kier molecular flexibility index (Phi) is 3.03. The van der Waals surface area contributed by atoms with Crippen LogP contribution >= 0.6 is 0 Å². The summed E-state index contributed by atoms with van der Waals surface area (Å²) in [6.07, 6.45) is 3.55. The van der Waals surface area contributed by atoms with E-state index in [-0.39, 0.29) is 6.54 Å². The summed E-state index contributed by atoms with van der Waals surface area (Å²) < 4.78 is 5.49. The zero-order valence-electron chi connectivity index (χ0n) is 8.32. The number of carbonyl (C=O) groups is 1. The van der Waals surface area contributed by atoms with E-state index in [2.05, 4.69) is 4.90 Å². The molecule has 14 heavy (non-hydrogen) atoms. The number of ether oxygens (including phenoxy) is 1. The third kappa shape index (κ3) is 2.07. The van der Waals surface area contributed by atoms with Gasteiger partial charge in [-0.2, -0.15) is 0 Å². The highest BCUT2D eigenvalue weighted by Gasteiger charge is 2.34. The predicted octanol–water partition coefficient (Wildman–Crippen LogP) is 0.572. The van der Waals surface area contributed by atoms with Crippen LogP contribution < -0.4 is 0 Å². The van der Waals surface area contributed by atoms with Crippen LogP contribution in [0.25, 0.3) is 0 Å². The molecule has 80 valence electrons. The van der Waals surface area contributed by atoms with Crippen LogP contribution in [0.3, 0.4) is 0 Å². The van der Waals surface area contributed by atoms with Gasteiger partial charge in [0.05, 0.1) is 19.8 Å². The van der Waals surface area contributed by atoms with Gasteiger partial charge in [-0.05, 0) is 18.8 Å². The lowest BCUT2D eigenvalue weighted by Crippen LogP contribution is -2.41. The quantitative estimate of drug-likeness (QED) is 0.706. The smallest absolute Gasteiger partial charge is 0.317 e. The molecule has 1 N–H and O–H groups in total. The Balaban J connectivity index is 2.01. The minimum absolute atomic E-state index is 0.171. The lowest BCUT2D eigenvalue weighted by molar-refractivity contribution is -0.139. The molecule has 0 aromatic carbocycles. The summed E-state index contributed by atoms with van der Waals surface area (Å²) in [5.74, 6) is -0.158. The van der Waals surface area contributed by atoms with Crippen molar-refractivity contribution in [3.8, 4) is 0 Å². The van der Waals surface area contributed by atoms with Gasteiger partial charge in [0.1, 0.15) is 0 Å². The normalized spacial score (nSPS) is 33.7. The van der Waals surface area contributed by atoms with Crippen LogP contribution in [0.5, 0.6) is 0 Å². The van der Waals surface area contributed by atoms with E-state index in [1.54, 1.807) is 0 Å². The number of carboxylic acid groups (broad SMARTS) is 1. The lowest BCUT2D eigenvalue weighted by Gasteiger charge is -2.27. The zero-order chi connectivity index (χ0) is 9.97. The summed E-state index contributed by atoms with van der Waals surface area (Å²) >= 11 is 0. The molecule has 0 aromatic rings. The van der Waals surface area contributed by atoms with Crippen molar-refractivity contribution >= 4 is 5.97 Å². The number of fused-ring (bicyclic) bond motifs is 1. The molecule has 0 aromatic heterocycles. The maximum Gasteiger partial charge on any atom is 0.317 e. The van der Waals surface area contributed by atoms with E-state index in [1.807, 2.05) is 0 Å². The fraction of sp³-hybridized carbons (Fsp3) is 0.900. The van der Waals surface area contributed by atoms with Crippen LogP contribution in [-0.2, 0) is 9.53 Å². The number of hydrogen-bond acceptors (Lipinski definition) is 3. The predicted molar refractivity (Wildman–Crippen MR) is 51.2 cm³/mol. The fourth-order valence-electron chi connectivity index (χ4n) is 2.64. The van der Waals surface area contributed by atoms with Crippen molar-refractivity contribution in [2.75, 3.05) is 26.3 Å². The van der Waals surface area contributed by atoms with Crippen LogP contribution in [0.4, 0.5) is 0 Å². The largest absolute Gasteiger partial charge is 0.480 e. The van der Waals surface area contributed by atoms with Gasteiger partial charge < -0.3 is 9.84 Å². The van der Waals surface area contributed by atoms with Crippen molar-refractivity contribution < 1.29 is 14.6 Å². The highest BCUT2D eigenvalue weighted by atomic mass is 16.5. The first kappa shape index (κ1) is 9.93. The first-order valence-electron chi connectivity index (χ1n) is 5.31. The van der Waals surface area contributed by atoms with Gasteiger partial charge in [0.15, 0.2) is 0 Å². The summed E-state index contributed by atoms with van der Waals surface area (Å²) in [6.45, 7) is 2.44. The van der Waals surface area contributed by atoms with Gasteiger partial charge >= 0.3 is 5.97 Å². The molecule has 4 heteroatoms. The van der Waals surface area contributed by atoms with Crippen molar-refractivity contribution in [3.63, 3.8) is 0 Å². The van der Waals surface area contributed by atoms with E-state index < -0.39 is 5.97 Å². The van der Waals surface area contributed by atoms with Crippen LogP contribution in [0.2, 0.25) is 0 Å². The van der Waals surface area contributed by atoms with Gasteiger partial charge in [-0.3, -0.25) is 9.69 Å². The lowest BCUT2D eigenvalue weighted by atomic mass is 10.0. The van der Waals surface area contributed by atoms with Crippen molar-refractivity contribution in [1.82, 2.24) is 4.90 Å². The van der Waals surface area contributed by atoms with Crippen LogP contribution in [0.1, 0.15) is 19.3 Å². The number of carboxylic acids is 1. The van der Waals surface area contributed by atoms with Gasteiger partial charge in [0.2, 0.25) is 0 Å². The van der Waals surface area contributed by atoms with E-state index in [0.29, 0.717) is 18.6 Å². The molecule has 0 amide bonds. The summed E-state index contributed by atoms with van der Waals surface area (Å²) in [5.41, 5.74) is 0. The topological polar surface area (TPSA) is 49.8 Å². The van der Waals surface area contributed by atoms with Crippen molar-refractivity contribution in [1.29, 1.82) is 0 Å². The van der Waals surface area contributed by atoms with E-state index in [1.165, 1.54) is 12.8 Å². The van der Waals surface area contributed by atoms with Crippen molar-refractivity contribution in [2.45, 2.75) is 25.3 Å². The molecule has 4 nitrogen and oxygen atoms in total. The number of rotatable bonds is 2. The maximum atomic E-state index is 10.7. The molecule has 2 rings (SSSR count). The second-order valence-electron chi connectivity index (χ2n) is 4.20. The van der Waals surface area contributed by atoms with Gasteiger partial charge in [-0.25, -0.2) is 0 Å². The molecule has 1 saturated carbocycles. The SMILES string of the molecule is O=C(O)CN1CCOC[C@H]2CCC[C@@H]21. The van der Waals surface area contributed by atoms with Gasteiger partial charge in [0, 0.05) is 12.6 Å². The molecule has 2 atom stereocenters. The molecule has 0 spiro atoms.